The first kappa shape index (κ1) is 13.7. The van der Waals surface area contributed by atoms with E-state index in [2.05, 4.69) is 5.32 Å². The van der Waals surface area contributed by atoms with E-state index in [0.717, 1.165) is 0 Å². The highest BCUT2D eigenvalue weighted by molar-refractivity contribution is 6.30. The van der Waals surface area contributed by atoms with Gasteiger partial charge in [0, 0.05) is 18.0 Å². The third kappa shape index (κ3) is 2.04. The monoisotopic (exact) mass is 267 g/mol. The largest absolute Gasteiger partial charge is 0.302 e. The maximum atomic E-state index is 13.7. The lowest BCUT2D eigenvalue weighted by Gasteiger charge is -2.31. The van der Waals surface area contributed by atoms with E-state index in [9.17, 15) is 8.78 Å². The summed E-state index contributed by atoms with van der Waals surface area (Å²) in [6.45, 7) is 1.87. The number of hydrogen-bond acceptors (Lipinski definition) is 1. The van der Waals surface area contributed by atoms with Crippen LogP contribution in [0, 0.1) is 0 Å². The predicted octanol–water partition coefficient (Wildman–Crippen LogP) is 3.61. The average molecular weight is 268 g/mol. The Morgan fingerprint density at radius 3 is 2.25 bits per heavy atom. The van der Waals surface area contributed by atoms with Crippen LogP contribution in [0.2, 0.25) is 5.02 Å². The molecule has 0 spiro atoms. The summed E-state index contributed by atoms with van der Waals surface area (Å²) in [5.41, 5.74) is -0.688. The molecule has 90 valence electrons. The average Bonchev–Trinajstić information content (AvgIpc) is 2.43. The number of nitrogens with one attached hydrogen (secondary N) is 1. The lowest BCUT2D eigenvalue weighted by atomic mass is 9.87. The van der Waals surface area contributed by atoms with Crippen molar-refractivity contribution in [2.75, 3.05) is 6.54 Å². The molecule has 1 unspecified atom stereocenters. The second kappa shape index (κ2) is 4.47. The second-order valence-corrected chi connectivity index (χ2v) is 4.45. The zero-order valence-electron chi connectivity index (χ0n) is 8.77. The van der Waals surface area contributed by atoms with Crippen LogP contribution in [0.5, 0.6) is 0 Å². The van der Waals surface area contributed by atoms with Crippen LogP contribution in [0.25, 0.3) is 0 Å². The van der Waals surface area contributed by atoms with Crippen LogP contribution in [-0.4, -0.2) is 12.5 Å². The molecule has 16 heavy (non-hydrogen) atoms. The van der Waals surface area contributed by atoms with Crippen molar-refractivity contribution in [1.82, 2.24) is 5.32 Å². The lowest BCUT2D eigenvalue weighted by molar-refractivity contribution is -0.0559. The summed E-state index contributed by atoms with van der Waals surface area (Å²) in [6.07, 6.45) is -0.119. The first-order valence-electron chi connectivity index (χ1n) is 4.85. The molecule has 1 fully saturated rings. The van der Waals surface area contributed by atoms with Gasteiger partial charge in [-0.2, -0.15) is 0 Å². The number of alkyl halides is 2. The van der Waals surface area contributed by atoms with E-state index in [1.54, 1.807) is 24.3 Å². The lowest BCUT2D eigenvalue weighted by Crippen LogP contribution is -2.45. The summed E-state index contributed by atoms with van der Waals surface area (Å²) in [6, 6.07) is 6.57. The maximum Gasteiger partial charge on any atom is 0.270 e. The molecule has 0 aromatic heterocycles. The van der Waals surface area contributed by atoms with E-state index in [0.29, 0.717) is 17.1 Å². The minimum Gasteiger partial charge on any atom is -0.302 e. The minimum absolute atomic E-state index is 0. The molecule has 1 aliphatic rings. The standard InChI is InChI=1S/C11H12ClF2N.ClH/c1-10(11(13,14)6-7-15-10)8-2-4-9(12)5-3-8;/h2-5,15H,6-7H2,1H3;1H. The number of rotatable bonds is 1. The molecule has 0 radical (unpaired) electrons. The Bertz CT molecular complexity index is 367. The van der Waals surface area contributed by atoms with Gasteiger partial charge in [0.1, 0.15) is 5.54 Å². The Kier molecular flexibility index (Phi) is 3.83. The van der Waals surface area contributed by atoms with E-state index in [4.69, 9.17) is 11.6 Å². The van der Waals surface area contributed by atoms with Gasteiger partial charge in [0.15, 0.2) is 0 Å². The van der Waals surface area contributed by atoms with Crippen LogP contribution in [0.4, 0.5) is 8.78 Å². The van der Waals surface area contributed by atoms with E-state index < -0.39 is 11.5 Å². The molecular formula is C11H13Cl2F2N. The van der Waals surface area contributed by atoms with Gasteiger partial charge in [0.05, 0.1) is 0 Å². The van der Waals surface area contributed by atoms with Crippen LogP contribution in [-0.2, 0) is 5.54 Å². The van der Waals surface area contributed by atoms with Crippen molar-refractivity contribution in [3.05, 3.63) is 34.9 Å². The van der Waals surface area contributed by atoms with E-state index >= 15 is 0 Å². The Hall–Kier alpha value is -0.380. The molecule has 1 saturated heterocycles. The molecule has 1 atom stereocenters. The van der Waals surface area contributed by atoms with Gasteiger partial charge in [-0.15, -0.1) is 12.4 Å². The molecule has 0 aliphatic carbocycles. The van der Waals surface area contributed by atoms with Crippen molar-refractivity contribution in [3.63, 3.8) is 0 Å². The Morgan fingerprint density at radius 2 is 1.81 bits per heavy atom. The van der Waals surface area contributed by atoms with Crippen LogP contribution < -0.4 is 5.32 Å². The van der Waals surface area contributed by atoms with Gasteiger partial charge in [-0.3, -0.25) is 0 Å². The van der Waals surface area contributed by atoms with Gasteiger partial charge in [0.25, 0.3) is 5.92 Å². The molecule has 5 heteroatoms. The highest BCUT2D eigenvalue weighted by atomic mass is 35.5. The van der Waals surface area contributed by atoms with Gasteiger partial charge < -0.3 is 5.32 Å². The Balaban J connectivity index is 0.00000128. The molecule has 1 nitrogen and oxygen atoms in total. The molecule has 1 aliphatic heterocycles. The van der Waals surface area contributed by atoms with Gasteiger partial charge >= 0.3 is 0 Å². The summed E-state index contributed by atoms with van der Waals surface area (Å²) >= 11 is 5.73. The molecule has 1 aromatic rings. The van der Waals surface area contributed by atoms with Crippen molar-refractivity contribution < 1.29 is 8.78 Å². The van der Waals surface area contributed by atoms with E-state index in [1.807, 2.05) is 0 Å². The zero-order valence-corrected chi connectivity index (χ0v) is 10.3. The first-order chi connectivity index (χ1) is 6.96. The Morgan fingerprint density at radius 1 is 1.25 bits per heavy atom. The molecule has 0 amide bonds. The van der Waals surface area contributed by atoms with Crippen molar-refractivity contribution in [3.8, 4) is 0 Å². The Labute approximate surface area is 105 Å². The SMILES string of the molecule is CC1(c2ccc(Cl)cc2)NCCC1(F)F.Cl. The molecule has 0 saturated carbocycles. The normalized spacial score (nSPS) is 27.5. The molecular weight excluding hydrogens is 255 g/mol. The number of hydrogen-bond donors (Lipinski definition) is 1. The smallest absolute Gasteiger partial charge is 0.270 e. The third-order valence-corrected chi connectivity index (χ3v) is 3.32. The molecule has 1 aromatic carbocycles. The fourth-order valence-electron chi connectivity index (χ4n) is 1.95. The fraction of sp³-hybridized carbons (Fsp3) is 0.455. The van der Waals surface area contributed by atoms with Gasteiger partial charge in [-0.05, 0) is 24.6 Å². The second-order valence-electron chi connectivity index (χ2n) is 4.01. The highest BCUT2D eigenvalue weighted by Crippen LogP contribution is 2.43. The summed E-state index contributed by atoms with van der Waals surface area (Å²) < 4.78 is 27.4. The summed E-state index contributed by atoms with van der Waals surface area (Å²) in [5.74, 6) is -2.71. The summed E-state index contributed by atoms with van der Waals surface area (Å²) in [4.78, 5) is 0. The molecule has 2 rings (SSSR count). The molecule has 0 bridgehead atoms. The van der Waals surface area contributed by atoms with Crippen molar-refractivity contribution >= 4 is 24.0 Å². The first-order valence-corrected chi connectivity index (χ1v) is 5.22. The van der Waals surface area contributed by atoms with Gasteiger partial charge in [-0.1, -0.05) is 23.7 Å². The van der Waals surface area contributed by atoms with Crippen molar-refractivity contribution in [2.45, 2.75) is 24.8 Å². The van der Waals surface area contributed by atoms with Crippen molar-refractivity contribution in [1.29, 1.82) is 0 Å². The predicted molar refractivity (Wildman–Crippen MR) is 63.6 cm³/mol. The minimum atomic E-state index is -2.71. The summed E-state index contributed by atoms with van der Waals surface area (Å²) in [7, 11) is 0. The molecule has 1 N–H and O–H groups in total. The number of halogens is 4. The van der Waals surface area contributed by atoms with Crippen LogP contribution in [0.3, 0.4) is 0 Å². The van der Waals surface area contributed by atoms with E-state index in [1.165, 1.54) is 6.92 Å². The third-order valence-electron chi connectivity index (χ3n) is 3.07. The van der Waals surface area contributed by atoms with E-state index in [-0.39, 0.29) is 18.8 Å². The van der Waals surface area contributed by atoms with Gasteiger partial charge in [-0.25, -0.2) is 8.78 Å². The van der Waals surface area contributed by atoms with Crippen molar-refractivity contribution in [2.24, 2.45) is 0 Å². The maximum absolute atomic E-state index is 13.7. The number of benzene rings is 1. The molecule has 1 heterocycles. The summed E-state index contributed by atoms with van der Waals surface area (Å²) in [5, 5.41) is 3.42. The van der Waals surface area contributed by atoms with Crippen LogP contribution in [0.15, 0.2) is 24.3 Å². The topological polar surface area (TPSA) is 12.0 Å². The zero-order chi connectivity index (χ0) is 11.1. The van der Waals surface area contributed by atoms with Crippen LogP contribution in [0.1, 0.15) is 18.9 Å². The highest BCUT2D eigenvalue weighted by Gasteiger charge is 2.54. The van der Waals surface area contributed by atoms with Gasteiger partial charge in [0.2, 0.25) is 0 Å². The van der Waals surface area contributed by atoms with Crippen LogP contribution >= 0.6 is 24.0 Å². The quantitative estimate of drug-likeness (QED) is 0.820. The fourth-order valence-corrected chi connectivity index (χ4v) is 2.07.